The zero-order valence-corrected chi connectivity index (χ0v) is 17.5. The molecular weight excluding hydrogens is 416 g/mol. The molecule has 9 nitrogen and oxygen atoms in total. The van der Waals surface area contributed by atoms with Crippen LogP contribution in [-0.2, 0) is 6.61 Å². The normalized spacial score (nSPS) is 10.6. The van der Waals surface area contributed by atoms with E-state index in [-0.39, 0.29) is 30.1 Å². The third-order valence-electron chi connectivity index (χ3n) is 4.72. The van der Waals surface area contributed by atoms with Crippen LogP contribution in [0.15, 0.2) is 47.3 Å². The summed E-state index contributed by atoms with van der Waals surface area (Å²) in [7, 11) is 0. The molecule has 3 rings (SSSR count). The van der Waals surface area contributed by atoms with Crippen molar-refractivity contribution in [2.24, 2.45) is 0 Å². The number of benzene rings is 2. The molecule has 0 saturated carbocycles. The molecule has 9 heteroatoms. The van der Waals surface area contributed by atoms with E-state index in [0.29, 0.717) is 5.75 Å². The first-order chi connectivity index (χ1) is 15.2. The highest BCUT2D eigenvalue weighted by Gasteiger charge is 2.27. The van der Waals surface area contributed by atoms with Gasteiger partial charge in [0.25, 0.3) is 5.56 Å². The van der Waals surface area contributed by atoms with Crippen LogP contribution in [0.1, 0.15) is 38.8 Å². The highest BCUT2D eigenvalue weighted by Crippen LogP contribution is 2.36. The molecule has 3 aromatic rings. The Balaban J connectivity index is 2.10. The summed E-state index contributed by atoms with van der Waals surface area (Å²) in [5.74, 6) is -2.86. The van der Waals surface area contributed by atoms with Gasteiger partial charge in [-0.2, -0.15) is 0 Å². The molecule has 0 aliphatic rings. The molecule has 0 aliphatic heterocycles. The van der Waals surface area contributed by atoms with Gasteiger partial charge in [0, 0.05) is 5.56 Å². The van der Waals surface area contributed by atoms with Crippen LogP contribution in [0.3, 0.4) is 0 Å². The van der Waals surface area contributed by atoms with Crippen LogP contribution in [0.4, 0.5) is 5.82 Å². The fourth-order valence-electron chi connectivity index (χ4n) is 3.23. The van der Waals surface area contributed by atoms with Crippen molar-refractivity contribution in [3.8, 4) is 22.6 Å². The average molecular weight is 438 g/mol. The molecule has 0 atom stereocenters. The number of anilines is 1. The Labute approximate surface area is 183 Å². The van der Waals surface area contributed by atoms with E-state index in [4.69, 9.17) is 15.2 Å². The van der Waals surface area contributed by atoms with Crippen LogP contribution in [-0.4, -0.2) is 33.7 Å². The summed E-state index contributed by atoms with van der Waals surface area (Å²) in [6.07, 6.45) is 0. The van der Waals surface area contributed by atoms with Gasteiger partial charge in [-0.1, -0.05) is 35.9 Å². The summed E-state index contributed by atoms with van der Waals surface area (Å²) < 4.78 is 11.5. The number of carboxylic acids is 2. The van der Waals surface area contributed by atoms with E-state index in [1.807, 2.05) is 31.2 Å². The maximum absolute atomic E-state index is 12.2. The number of carbonyl (C=O) groups is 2. The molecule has 166 valence electrons. The number of carboxylic acid groups (broad SMARTS) is 2. The van der Waals surface area contributed by atoms with Crippen molar-refractivity contribution in [1.29, 1.82) is 0 Å². The minimum absolute atomic E-state index is 0.142. The number of aromatic nitrogens is 1. The van der Waals surface area contributed by atoms with E-state index < -0.39 is 34.4 Å². The van der Waals surface area contributed by atoms with Crippen LogP contribution in [0.5, 0.6) is 11.5 Å². The number of ether oxygens (including phenoxy) is 2. The van der Waals surface area contributed by atoms with E-state index in [9.17, 15) is 24.6 Å². The maximum Gasteiger partial charge on any atom is 0.342 e. The number of nitrogens with one attached hydrogen (secondary N) is 1. The SMILES string of the molecule is CCOc1cc(-c2c(C(=O)O)c(N)[nH]c(=O)c2C(=O)O)ccc1OCc1ccc(C)cc1. The molecule has 0 fully saturated rings. The number of aromatic amines is 1. The molecule has 32 heavy (non-hydrogen) atoms. The van der Waals surface area contributed by atoms with E-state index >= 15 is 0 Å². The third kappa shape index (κ3) is 4.56. The van der Waals surface area contributed by atoms with Gasteiger partial charge in [-0.3, -0.25) is 4.79 Å². The predicted octanol–water partition coefficient (Wildman–Crippen LogP) is 3.31. The molecule has 2 aromatic carbocycles. The Bertz CT molecular complexity index is 1230. The predicted molar refractivity (Wildman–Crippen MR) is 118 cm³/mol. The maximum atomic E-state index is 12.2. The molecule has 1 heterocycles. The van der Waals surface area contributed by atoms with Gasteiger partial charge in [-0.05, 0) is 37.1 Å². The first-order valence-corrected chi connectivity index (χ1v) is 9.70. The second kappa shape index (κ2) is 9.25. The van der Waals surface area contributed by atoms with Crippen LogP contribution in [0.25, 0.3) is 11.1 Å². The van der Waals surface area contributed by atoms with Crippen molar-refractivity contribution in [1.82, 2.24) is 4.98 Å². The summed E-state index contributed by atoms with van der Waals surface area (Å²) in [4.78, 5) is 37.9. The number of hydrogen-bond acceptors (Lipinski definition) is 6. The number of pyridine rings is 1. The summed E-state index contributed by atoms with van der Waals surface area (Å²) in [6.45, 7) is 4.28. The lowest BCUT2D eigenvalue weighted by Crippen LogP contribution is -2.24. The van der Waals surface area contributed by atoms with E-state index in [1.165, 1.54) is 18.2 Å². The zero-order chi connectivity index (χ0) is 23.4. The van der Waals surface area contributed by atoms with Crippen molar-refractivity contribution in [2.45, 2.75) is 20.5 Å². The number of H-pyrrole nitrogens is 1. The monoisotopic (exact) mass is 438 g/mol. The van der Waals surface area contributed by atoms with E-state index in [1.54, 1.807) is 6.92 Å². The highest BCUT2D eigenvalue weighted by molar-refractivity contribution is 6.07. The van der Waals surface area contributed by atoms with Gasteiger partial charge in [-0.25, -0.2) is 9.59 Å². The van der Waals surface area contributed by atoms with Crippen LogP contribution >= 0.6 is 0 Å². The third-order valence-corrected chi connectivity index (χ3v) is 4.72. The average Bonchev–Trinajstić information content (AvgIpc) is 2.73. The van der Waals surface area contributed by atoms with Gasteiger partial charge < -0.3 is 30.4 Å². The minimum atomic E-state index is -1.58. The molecule has 5 N–H and O–H groups in total. The minimum Gasteiger partial charge on any atom is -0.490 e. The second-order valence-electron chi connectivity index (χ2n) is 6.97. The van der Waals surface area contributed by atoms with Crippen molar-refractivity contribution in [3.05, 3.63) is 75.1 Å². The second-order valence-corrected chi connectivity index (χ2v) is 6.97. The van der Waals surface area contributed by atoms with Gasteiger partial charge >= 0.3 is 11.9 Å². The quantitative estimate of drug-likeness (QED) is 0.418. The molecule has 0 saturated heterocycles. The van der Waals surface area contributed by atoms with Crippen molar-refractivity contribution in [2.75, 3.05) is 12.3 Å². The highest BCUT2D eigenvalue weighted by atomic mass is 16.5. The molecule has 0 spiro atoms. The Hall–Kier alpha value is -4.27. The Morgan fingerprint density at radius 1 is 0.969 bits per heavy atom. The number of aromatic carboxylic acids is 2. The Kier molecular flexibility index (Phi) is 6.48. The van der Waals surface area contributed by atoms with Gasteiger partial charge in [0.05, 0.1) is 6.61 Å². The fourth-order valence-corrected chi connectivity index (χ4v) is 3.23. The Morgan fingerprint density at radius 3 is 2.22 bits per heavy atom. The first kappa shape index (κ1) is 22.4. The number of nitrogen functional groups attached to an aromatic ring is 1. The summed E-state index contributed by atoms with van der Waals surface area (Å²) in [5.41, 5.74) is 5.33. The van der Waals surface area contributed by atoms with Gasteiger partial charge in [0.1, 0.15) is 23.6 Å². The molecule has 0 unspecified atom stereocenters. The lowest BCUT2D eigenvalue weighted by atomic mass is 9.95. The van der Waals surface area contributed by atoms with Gasteiger partial charge in [-0.15, -0.1) is 0 Å². The van der Waals surface area contributed by atoms with Crippen LogP contribution in [0.2, 0.25) is 0 Å². The molecule has 0 bridgehead atoms. The number of nitrogens with two attached hydrogens (primary N) is 1. The molecule has 1 aromatic heterocycles. The standard InChI is InChI=1S/C23H22N2O7/c1-3-31-16-10-14(8-9-15(16)32-11-13-6-4-12(2)5-7-13)17-18(22(27)28)20(24)25-21(26)19(17)23(29)30/h4-10H,3,11H2,1-2H3,(H,27,28)(H,29,30)(H3,24,25,26). The summed E-state index contributed by atoms with van der Waals surface area (Å²) in [5, 5.41) is 19.2. The van der Waals surface area contributed by atoms with E-state index in [2.05, 4.69) is 4.98 Å². The summed E-state index contributed by atoms with van der Waals surface area (Å²) >= 11 is 0. The topological polar surface area (TPSA) is 152 Å². The van der Waals surface area contributed by atoms with Crippen molar-refractivity contribution >= 4 is 17.8 Å². The van der Waals surface area contributed by atoms with Crippen molar-refractivity contribution in [3.63, 3.8) is 0 Å². The van der Waals surface area contributed by atoms with Gasteiger partial charge in [0.15, 0.2) is 11.5 Å². The van der Waals surface area contributed by atoms with Gasteiger partial charge in [0.2, 0.25) is 0 Å². The van der Waals surface area contributed by atoms with Crippen LogP contribution < -0.4 is 20.8 Å². The molecular formula is C23H22N2O7. The van der Waals surface area contributed by atoms with Crippen LogP contribution in [0, 0.1) is 6.92 Å². The smallest absolute Gasteiger partial charge is 0.342 e. The fraction of sp³-hybridized carbons (Fsp3) is 0.174. The first-order valence-electron chi connectivity index (χ1n) is 9.70. The molecule has 0 aliphatic carbocycles. The number of hydrogen-bond donors (Lipinski definition) is 4. The Morgan fingerprint density at radius 2 is 1.62 bits per heavy atom. The zero-order valence-electron chi connectivity index (χ0n) is 17.5. The number of rotatable bonds is 8. The molecule has 0 amide bonds. The lowest BCUT2D eigenvalue weighted by molar-refractivity contribution is 0.0695. The van der Waals surface area contributed by atoms with E-state index in [0.717, 1.165) is 11.1 Å². The largest absolute Gasteiger partial charge is 0.490 e. The molecule has 0 radical (unpaired) electrons. The van der Waals surface area contributed by atoms with Crippen molar-refractivity contribution < 1.29 is 29.3 Å². The lowest BCUT2D eigenvalue weighted by Gasteiger charge is -2.16. The number of aryl methyl sites for hydroxylation is 1. The summed E-state index contributed by atoms with van der Waals surface area (Å²) in [6, 6.07) is 12.2.